The predicted octanol–water partition coefficient (Wildman–Crippen LogP) is 3.91. The van der Waals surface area contributed by atoms with Crippen LogP contribution in [0.5, 0.6) is 0 Å². The Bertz CT molecular complexity index is 961. The van der Waals surface area contributed by atoms with Crippen LogP contribution in [-0.4, -0.2) is 49.6 Å². The molecule has 0 bridgehead atoms. The van der Waals surface area contributed by atoms with E-state index in [-0.39, 0.29) is 11.9 Å². The zero-order valence-corrected chi connectivity index (χ0v) is 17.9. The van der Waals surface area contributed by atoms with Crippen LogP contribution < -0.4 is 10.2 Å². The molecule has 7 heteroatoms. The summed E-state index contributed by atoms with van der Waals surface area (Å²) in [5.41, 5.74) is 2.01. The van der Waals surface area contributed by atoms with Crippen molar-refractivity contribution in [2.45, 2.75) is 25.1 Å². The van der Waals surface area contributed by atoms with Crippen molar-refractivity contribution in [3.8, 4) is 0 Å². The molecule has 0 radical (unpaired) electrons. The van der Waals surface area contributed by atoms with E-state index in [1.54, 1.807) is 12.1 Å². The van der Waals surface area contributed by atoms with E-state index in [4.69, 9.17) is 0 Å². The topological polar surface area (TPSA) is 35.6 Å². The summed E-state index contributed by atoms with van der Waals surface area (Å²) in [6.45, 7) is 7.07. The first kappa shape index (κ1) is 22.4. The highest BCUT2D eigenvalue weighted by Crippen LogP contribution is 2.39. The van der Waals surface area contributed by atoms with Gasteiger partial charge in [0.2, 0.25) is 5.91 Å². The van der Waals surface area contributed by atoms with Crippen molar-refractivity contribution in [3.63, 3.8) is 0 Å². The summed E-state index contributed by atoms with van der Waals surface area (Å²) in [4.78, 5) is 17.5. The first-order valence-electron chi connectivity index (χ1n) is 11.0. The number of nitrogens with zero attached hydrogens (tertiary/aromatic N) is 2. The number of carbonyl (C=O) groups is 1. The molecule has 0 saturated carbocycles. The second-order valence-corrected chi connectivity index (χ2v) is 8.48. The standard InChI is InChI=1S/C25H28F3N3O/c1-2-11-29-24(32)21-16-19-15-20(25(26,27)28)8-9-22(19)31-14-13-30(17-23(21)31)12-10-18-6-4-3-5-7-18/h2-9,15,21,23H,1,10-14,16-17H2,(H,29,32). The highest BCUT2D eigenvalue weighted by Gasteiger charge is 2.42. The lowest BCUT2D eigenvalue weighted by molar-refractivity contribution is -0.137. The third-order valence-electron chi connectivity index (χ3n) is 6.44. The van der Waals surface area contributed by atoms with Gasteiger partial charge in [0, 0.05) is 38.4 Å². The SMILES string of the molecule is C=CCNC(=O)C1Cc2cc(C(F)(F)F)ccc2N2CCN(CCc3ccccc3)CC12. The number of alkyl halides is 3. The van der Waals surface area contributed by atoms with E-state index >= 15 is 0 Å². The number of nitrogens with one attached hydrogen (secondary N) is 1. The number of fused-ring (bicyclic) bond motifs is 3. The maximum absolute atomic E-state index is 13.3. The van der Waals surface area contributed by atoms with Crippen LogP contribution in [0, 0.1) is 5.92 Å². The molecule has 2 aliphatic rings. The fraction of sp³-hybridized carbons (Fsp3) is 0.400. The first-order chi connectivity index (χ1) is 15.4. The lowest BCUT2D eigenvalue weighted by Gasteiger charge is -2.49. The van der Waals surface area contributed by atoms with Gasteiger partial charge >= 0.3 is 6.18 Å². The van der Waals surface area contributed by atoms with Gasteiger partial charge in [0.15, 0.2) is 0 Å². The summed E-state index contributed by atoms with van der Waals surface area (Å²) in [5.74, 6) is -0.543. The van der Waals surface area contributed by atoms with Crippen LogP contribution in [0.1, 0.15) is 16.7 Å². The lowest BCUT2D eigenvalue weighted by Crippen LogP contribution is -2.61. The molecule has 4 rings (SSSR count). The molecule has 32 heavy (non-hydrogen) atoms. The number of piperazine rings is 1. The molecule has 2 heterocycles. The molecular weight excluding hydrogens is 415 g/mol. The average molecular weight is 444 g/mol. The summed E-state index contributed by atoms with van der Waals surface area (Å²) in [6, 6.07) is 14.1. The third-order valence-corrected chi connectivity index (χ3v) is 6.44. The highest BCUT2D eigenvalue weighted by molar-refractivity contribution is 5.82. The van der Waals surface area contributed by atoms with Gasteiger partial charge in [-0.15, -0.1) is 6.58 Å². The molecule has 0 aliphatic carbocycles. The largest absolute Gasteiger partial charge is 0.416 e. The molecule has 170 valence electrons. The number of carbonyl (C=O) groups excluding carboxylic acids is 1. The number of halogens is 3. The Morgan fingerprint density at radius 2 is 1.94 bits per heavy atom. The van der Waals surface area contributed by atoms with Crippen molar-refractivity contribution in [3.05, 3.63) is 77.9 Å². The zero-order chi connectivity index (χ0) is 22.7. The fourth-order valence-corrected chi connectivity index (χ4v) is 4.80. The summed E-state index contributed by atoms with van der Waals surface area (Å²) in [5, 5.41) is 2.86. The smallest absolute Gasteiger partial charge is 0.365 e. The number of hydrogen-bond acceptors (Lipinski definition) is 3. The summed E-state index contributed by atoms with van der Waals surface area (Å²) < 4.78 is 39.8. The van der Waals surface area contributed by atoms with E-state index in [0.717, 1.165) is 31.3 Å². The van der Waals surface area contributed by atoms with Crippen LogP contribution in [0.4, 0.5) is 18.9 Å². The monoisotopic (exact) mass is 443 g/mol. The predicted molar refractivity (Wildman–Crippen MR) is 120 cm³/mol. The Kier molecular flexibility index (Phi) is 6.55. The number of amides is 1. The van der Waals surface area contributed by atoms with Crippen molar-refractivity contribution in [2.75, 3.05) is 37.6 Å². The molecule has 0 aromatic heterocycles. The van der Waals surface area contributed by atoms with Gasteiger partial charge in [0.25, 0.3) is 0 Å². The van der Waals surface area contributed by atoms with E-state index < -0.39 is 17.7 Å². The van der Waals surface area contributed by atoms with Crippen LogP contribution in [0.15, 0.2) is 61.2 Å². The Morgan fingerprint density at radius 1 is 1.16 bits per heavy atom. The molecular formula is C25H28F3N3O. The minimum atomic E-state index is -4.40. The Morgan fingerprint density at radius 3 is 2.66 bits per heavy atom. The second-order valence-electron chi connectivity index (χ2n) is 8.48. The number of benzene rings is 2. The quantitative estimate of drug-likeness (QED) is 0.688. The van der Waals surface area contributed by atoms with Gasteiger partial charge in [0.05, 0.1) is 17.5 Å². The minimum Gasteiger partial charge on any atom is -0.365 e. The van der Waals surface area contributed by atoms with Gasteiger partial charge in [-0.3, -0.25) is 9.69 Å². The molecule has 2 aliphatic heterocycles. The van der Waals surface area contributed by atoms with Crippen molar-refractivity contribution < 1.29 is 18.0 Å². The molecule has 1 fully saturated rings. The molecule has 2 aromatic rings. The molecule has 1 amide bonds. The zero-order valence-electron chi connectivity index (χ0n) is 17.9. The van der Waals surface area contributed by atoms with Crippen LogP contribution in [-0.2, 0) is 23.8 Å². The van der Waals surface area contributed by atoms with Crippen molar-refractivity contribution in [1.29, 1.82) is 0 Å². The van der Waals surface area contributed by atoms with Crippen molar-refractivity contribution >= 4 is 11.6 Å². The molecule has 4 nitrogen and oxygen atoms in total. The molecule has 1 N–H and O–H groups in total. The number of anilines is 1. The molecule has 0 spiro atoms. The molecule has 1 saturated heterocycles. The van der Waals surface area contributed by atoms with E-state index in [9.17, 15) is 18.0 Å². The van der Waals surface area contributed by atoms with Gasteiger partial charge in [-0.1, -0.05) is 36.4 Å². The fourth-order valence-electron chi connectivity index (χ4n) is 4.80. The van der Waals surface area contributed by atoms with Gasteiger partial charge < -0.3 is 10.2 Å². The van der Waals surface area contributed by atoms with Gasteiger partial charge in [-0.25, -0.2) is 0 Å². The minimum absolute atomic E-state index is 0.0754. The van der Waals surface area contributed by atoms with Gasteiger partial charge in [-0.2, -0.15) is 13.2 Å². The van der Waals surface area contributed by atoms with E-state index in [1.807, 2.05) is 18.2 Å². The Hall–Kier alpha value is -2.80. The van der Waals surface area contributed by atoms with E-state index in [2.05, 4.69) is 33.8 Å². The van der Waals surface area contributed by atoms with Crippen LogP contribution in [0.3, 0.4) is 0 Å². The Labute approximate surface area is 186 Å². The average Bonchev–Trinajstić information content (AvgIpc) is 2.80. The lowest BCUT2D eigenvalue weighted by atomic mass is 9.82. The molecule has 2 aromatic carbocycles. The van der Waals surface area contributed by atoms with Crippen LogP contribution in [0.2, 0.25) is 0 Å². The normalized spacial score (nSPS) is 20.9. The maximum atomic E-state index is 13.3. The third kappa shape index (κ3) is 4.83. The second kappa shape index (κ2) is 9.36. The van der Waals surface area contributed by atoms with Gasteiger partial charge in [-0.05, 0) is 42.2 Å². The number of rotatable bonds is 6. The number of hydrogen-bond donors (Lipinski definition) is 1. The van der Waals surface area contributed by atoms with E-state index in [0.29, 0.717) is 31.6 Å². The van der Waals surface area contributed by atoms with Crippen molar-refractivity contribution in [2.24, 2.45) is 5.92 Å². The first-order valence-corrected chi connectivity index (χ1v) is 11.0. The van der Waals surface area contributed by atoms with Crippen LogP contribution >= 0.6 is 0 Å². The van der Waals surface area contributed by atoms with E-state index in [1.165, 1.54) is 11.6 Å². The van der Waals surface area contributed by atoms with Gasteiger partial charge in [0.1, 0.15) is 0 Å². The summed E-state index contributed by atoms with van der Waals surface area (Å²) in [7, 11) is 0. The highest BCUT2D eigenvalue weighted by atomic mass is 19.4. The summed E-state index contributed by atoms with van der Waals surface area (Å²) in [6.07, 6.45) is -1.56. The van der Waals surface area contributed by atoms with Crippen LogP contribution in [0.25, 0.3) is 0 Å². The Balaban J connectivity index is 1.56. The van der Waals surface area contributed by atoms with Crippen molar-refractivity contribution in [1.82, 2.24) is 10.2 Å². The molecule has 2 unspecified atom stereocenters. The summed E-state index contributed by atoms with van der Waals surface area (Å²) >= 11 is 0. The maximum Gasteiger partial charge on any atom is 0.416 e. The molecule has 2 atom stereocenters.